The van der Waals surface area contributed by atoms with Gasteiger partial charge < -0.3 is 0 Å². The normalized spacial score (nSPS) is 12.5. The van der Waals surface area contributed by atoms with Crippen LogP contribution in [0.5, 0.6) is 0 Å². The molecule has 2 rings (SSSR count). The predicted octanol–water partition coefficient (Wildman–Crippen LogP) is 3.30. The fraction of sp³-hybridized carbons (Fsp3) is 0.235. The zero-order valence-corrected chi connectivity index (χ0v) is 13.8. The van der Waals surface area contributed by atoms with E-state index in [1.807, 2.05) is 24.3 Å². The average Bonchev–Trinajstić information content (AvgIpc) is 2.48. The third-order valence-electron chi connectivity index (χ3n) is 3.22. The molecule has 0 aliphatic heterocycles. The van der Waals surface area contributed by atoms with Crippen LogP contribution in [0.3, 0.4) is 0 Å². The highest BCUT2D eigenvalue weighted by Crippen LogP contribution is 2.21. The highest BCUT2D eigenvalue weighted by atomic mass is 32.2. The summed E-state index contributed by atoms with van der Waals surface area (Å²) in [6.45, 7) is 6.43. The summed E-state index contributed by atoms with van der Waals surface area (Å²) in [6, 6.07) is 16.0. The number of hydrogen-bond donors (Lipinski definition) is 1. The highest BCUT2D eigenvalue weighted by Gasteiger charge is 2.13. The summed E-state index contributed by atoms with van der Waals surface area (Å²) >= 11 is 0. The highest BCUT2D eigenvalue weighted by molar-refractivity contribution is 7.89. The van der Waals surface area contributed by atoms with E-state index in [9.17, 15) is 8.42 Å². The van der Waals surface area contributed by atoms with Gasteiger partial charge in [0.1, 0.15) is 0 Å². The van der Waals surface area contributed by atoms with Crippen LogP contribution in [0, 0.1) is 0 Å². The minimum absolute atomic E-state index is 0.0879. The molecule has 2 aromatic carbocycles. The van der Waals surface area contributed by atoms with Gasteiger partial charge in [0.15, 0.2) is 0 Å². The van der Waals surface area contributed by atoms with Crippen LogP contribution in [0.1, 0.15) is 31.9 Å². The Morgan fingerprint density at radius 1 is 0.955 bits per heavy atom. The summed E-state index contributed by atoms with van der Waals surface area (Å²) < 4.78 is 24.0. The maximum atomic E-state index is 12.0. The quantitative estimate of drug-likeness (QED) is 0.695. The number of rotatable bonds is 4. The molecule has 5 heteroatoms. The van der Waals surface area contributed by atoms with E-state index in [4.69, 9.17) is 0 Å². The molecule has 0 bridgehead atoms. The van der Waals surface area contributed by atoms with Crippen molar-refractivity contribution in [2.24, 2.45) is 5.10 Å². The maximum Gasteiger partial charge on any atom is 0.276 e. The Balaban J connectivity index is 2.07. The molecule has 0 fully saturated rings. The first-order valence-electron chi connectivity index (χ1n) is 6.99. The van der Waals surface area contributed by atoms with Crippen LogP contribution >= 0.6 is 0 Å². The van der Waals surface area contributed by atoms with Crippen LogP contribution in [-0.4, -0.2) is 14.6 Å². The first kappa shape index (κ1) is 16.2. The average molecular weight is 316 g/mol. The van der Waals surface area contributed by atoms with Crippen molar-refractivity contribution in [3.8, 4) is 0 Å². The van der Waals surface area contributed by atoms with Crippen molar-refractivity contribution < 1.29 is 8.42 Å². The Morgan fingerprint density at radius 3 is 2.09 bits per heavy atom. The number of sulfonamides is 1. The van der Waals surface area contributed by atoms with E-state index in [1.165, 1.54) is 23.9 Å². The largest absolute Gasteiger partial charge is 0.276 e. The van der Waals surface area contributed by atoms with E-state index < -0.39 is 10.0 Å². The molecule has 0 unspecified atom stereocenters. The molecule has 0 saturated carbocycles. The molecule has 4 nitrogen and oxygen atoms in total. The third kappa shape index (κ3) is 4.18. The Kier molecular flexibility index (Phi) is 4.66. The number of benzene rings is 2. The predicted molar refractivity (Wildman–Crippen MR) is 89.5 cm³/mol. The third-order valence-corrected chi connectivity index (χ3v) is 4.46. The molecule has 0 heterocycles. The molecule has 0 amide bonds. The summed E-state index contributed by atoms with van der Waals surface area (Å²) in [7, 11) is -3.61. The first-order chi connectivity index (χ1) is 10.3. The number of hydrazone groups is 1. The van der Waals surface area contributed by atoms with Gasteiger partial charge in [-0.3, -0.25) is 0 Å². The Hall–Kier alpha value is -2.14. The molecule has 0 aromatic heterocycles. The number of hydrogen-bond acceptors (Lipinski definition) is 3. The second kappa shape index (κ2) is 6.32. The van der Waals surface area contributed by atoms with Crippen molar-refractivity contribution in [3.05, 3.63) is 65.7 Å². The van der Waals surface area contributed by atoms with Gasteiger partial charge in [0, 0.05) is 0 Å². The van der Waals surface area contributed by atoms with E-state index in [0.29, 0.717) is 0 Å². The SMILES string of the molecule is CC(C)(C)c1ccc(/C=N/NS(=O)(=O)c2ccccc2)cc1. The lowest BCUT2D eigenvalue weighted by atomic mass is 9.87. The van der Waals surface area contributed by atoms with Gasteiger partial charge in [-0.25, -0.2) is 4.83 Å². The van der Waals surface area contributed by atoms with Gasteiger partial charge in [-0.2, -0.15) is 13.5 Å². The Labute approximate surface area is 131 Å². The van der Waals surface area contributed by atoms with Gasteiger partial charge in [0.25, 0.3) is 10.0 Å². The number of nitrogens with one attached hydrogen (secondary N) is 1. The molecule has 2 aromatic rings. The maximum absolute atomic E-state index is 12.0. The van der Waals surface area contributed by atoms with Gasteiger partial charge in [-0.15, -0.1) is 0 Å². The summed E-state index contributed by atoms with van der Waals surface area (Å²) in [5.41, 5.74) is 2.14. The van der Waals surface area contributed by atoms with E-state index in [-0.39, 0.29) is 10.3 Å². The zero-order chi connectivity index (χ0) is 16.2. The van der Waals surface area contributed by atoms with Gasteiger partial charge in [-0.05, 0) is 28.7 Å². The molecule has 116 valence electrons. The van der Waals surface area contributed by atoms with Crippen LogP contribution in [0.15, 0.2) is 64.6 Å². The molecular formula is C17H20N2O2S. The molecule has 0 spiro atoms. The molecule has 0 saturated heterocycles. The molecule has 0 atom stereocenters. The molecule has 22 heavy (non-hydrogen) atoms. The molecule has 1 N–H and O–H groups in total. The van der Waals surface area contributed by atoms with Crippen LogP contribution < -0.4 is 4.83 Å². The second-order valence-corrected chi connectivity index (χ2v) is 7.70. The zero-order valence-electron chi connectivity index (χ0n) is 12.9. The van der Waals surface area contributed by atoms with Crippen LogP contribution in [0.2, 0.25) is 0 Å². The van der Waals surface area contributed by atoms with Crippen molar-refractivity contribution in [2.75, 3.05) is 0 Å². The Morgan fingerprint density at radius 2 is 1.55 bits per heavy atom. The number of nitrogens with zero attached hydrogens (tertiary/aromatic N) is 1. The van der Waals surface area contributed by atoms with Gasteiger partial charge >= 0.3 is 0 Å². The summed E-state index contributed by atoms with van der Waals surface area (Å²) in [4.78, 5) is 2.40. The molecule has 0 aliphatic carbocycles. The summed E-state index contributed by atoms with van der Waals surface area (Å²) in [6.07, 6.45) is 1.49. The van der Waals surface area contributed by atoms with E-state index in [1.54, 1.807) is 18.2 Å². The lowest BCUT2D eigenvalue weighted by molar-refractivity contribution is 0.584. The lowest BCUT2D eigenvalue weighted by Crippen LogP contribution is -2.18. The summed E-state index contributed by atoms with van der Waals surface area (Å²) in [5.74, 6) is 0. The Bertz CT molecular complexity index is 743. The molecular weight excluding hydrogens is 296 g/mol. The minimum Gasteiger partial charge on any atom is -0.200 e. The topological polar surface area (TPSA) is 58.5 Å². The van der Waals surface area contributed by atoms with Crippen molar-refractivity contribution in [3.63, 3.8) is 0 Å². The van der Waals surface area contributed by atoms with Crippen molar-refractivity contribution in [2.45, 2.75) is 31.1 Å². The van der Waals surface area contributed by atoms with Crippen molar-refractivity contribution in [1.82, 2.24) is 4.83 Å². The van der Waals surface area contributed by atoms with Gasteiger partial charge in [0.2, 0.25) is 0 Å². The fourth-order valence-electron chi connectivity index (χ4n) is 1.89. The first-order valence-corrected chi connectivity index (χ1v) is 8.48. The van der Waals surface area contributed by atoms with Crippen molar-refractivity contribution >= 4 is 16.2 Å². The minimum atomic E-state index is -3.61. The van der Waals surface area contributed by atoms with Gasteiger partial charge in [-0.1, -0.05) is 63.2 Å². The van der Waals surface area contributed by atoms with E-state index in [0.717, 1.165) is 5.56 Å². The molecule has 0 radical (unpaired) electrons. The molecule has 0 aliphatic rings. The van der Waals surface area contributed by atoms with Crippen LogP contribution in [-0.2, 0) is 15.4 Å². The van der Waals surface area contributed by atoms with Crippen LogP contribution in [0.4, 0.5) is 0 Å². The lowest BCUT2D eigenvalue weighted by Gasteiger charge is -2.18. The summed E-state index contributed by atoms with van der Waals surface area (Å²) in [5, 5.41) is 3.82. The second-order valence-electron chi connectivity index (χ2n) is 6.04. The monoisotopic (exact) mass is 316 g/mol. The smallest absolute Gasteiger partial charge is 0.200 e. The van der Waals surface area contributed by atoms with Crippen LogP contribution in [0.25, 0.3) is 0 Å². The van der Waals surface area contributed by atoms with E-state index in [2.05, 4.69) is 30.7 Å². The van der Waals surface area contributed by atoms with E-state index >= 15 is 0 Å². The van der Waals surface area contributed by atoms with Gasteiger partial charge in [0.05, 0.1) is 11.1 Å². The van der Waals surface area contributed by atoms with Crippen molar-refractivity contribution in [1.29, 1.82) is 0 Å². The fourth-order valence-corrected chi connectivity index (χ4v) is 2.70. The standard InChI is InChI=1S/C17H20N2O2S/c1-17(2,3)15-11-9-14(10-12-15)13-18-19-22(20,21)16-7-5-4-6-8-16/h4-13,19H,1-3H3/b18-13+.